The molecule has 194 valence electrons. The number of rotatable bonds is 9. The second-order valence-electron chi connectivity index (χ2n) is 8.52. The Labute approximate surface area is 225 Å². The number of benzene rings is 3. The standard InChI is InChI=1S/C29H26ClN3O5/c1-18-7-8-19(2)33(18)23-10-11-25(30)24(15-23)28(34)32-31-16-20-9-12-26(27(14-20)37-3)38-17-21-5-4-6-22(13-21)29(35)36/h4-16H,17H2,1-3H3,(H,32,34)(H,35,36). The predicted octanol–water partition coefficient (Wildman–Crippen LogP) is 5.80. The van der Waals surface area contributed by atoms with Gasteiger partial charge in [-0.2, -0.15) is 5.10 Å². The summed E-state index contributed by atoms with van der Waals surface area (Å²) in [6, 6.07) is 21.0. The molecule has 2 N–H and O–H groups in total. The number of carboxylic acids is 1. The van der Waals surface area contributed by atoms with Crippen molar-refractivity contribution >= 4 is 29.7 Å². The highest BCUT2D eigenvalue weighted by molar-refractivity contribution is 6.33. The molecule has 0 spiro atoms. The zero-order valence-electron chi connectivity index (χ0n) is 21.1. The molecule has 3 aromatic carbocycles. The van der Waals surface area contributed by atoms with Crippen molar-refractivity contribution in [2.45, 2.75) is 20.5 Å². The molecule has 0 fully saturated rings. The number of halogens is 1. The second kappa shape index (κ2) is 11.7. The number of carbonyl (C=O) groups is 2. The van der Waals surface area contributed by atoms with Gasteiger partial charge in [0.1, 0.15) is 6.61 Å². The van der Waals surface area contributed by atoms with Gasteiger partial charge in [0.05, 0.1) is 29.5 Å². The number of nitrogens with one attached hydrogen (secondary N) is 1. The molecule has 38 heavy (non-hydrogen) atoms. The van der Waals surface area contributed by atoms with Crippen LogP contribution in [-0.2, 0) is 6.61 Å². The minimum Gasteiger partial charge on any atom is -0.493 e. The van der Waals surface area contributed by atoms with E-state index in [2.05, 4.69) is 10.5 Å². The van der Waals surface area contributed by atoms with Crippen LogP contribution in [0.2, 0.25) is 5.02 Å². The second-order valence-corrected chi connectivity index (χ2v) is 8.93. The zero-order valence-corrected chi connectivity index (χ0v) is 21.8. The molecule has 4 aromatic rings. The molecule has 4 rings (SSSR count). The number of methoxy groups -OCH3 is 1. The Morgan fingerprint density at radius 1 is 1.00 bits per heavy atom. The Morgan fingerprint density at radius 2 is 1.76 bits per heavy atom. The van der Waals surface area contributed by atoms with Crippen molar-refractivity contribution in [2.24, 2.45) is 5.10 Å². The normalized spacial score (nSPS) is 10.9. The average Bonchev–Trinajstić information content (AvgIpc) is 3.25. The van der Waals surface area contributed by atoms with E-state index in [1.165, 1.54) is 19.4 Å². The first-order valence-corrected chi connectivity index (χ1v) is 12.1. The van der Waals surface area contributed by atoms with Crippen LogP contribution in [0.4, 0.5) is 0 Å². The summed E-state index contributed by atoms with van der Waals surface area (Å²) in [5.74, 6) is -0.496. The van der Waals surface area contributed by atoms with Crippen molar-refractivity contribution in [2.75, 3.05) is 7.11 Å². The number of aromatic nitrogens is 1. The third kappa shape index (κ3) is 6.04. The van der Waals surface area contributed by atoms with E-state index >= 15 is 0 Å². The summed E-state index contributed by atoms with van der Waals surface area (Å²) in [6.07, 6.45) is 1.48. The van der Waals surface area contributed by atoms with Crippen LogP contribution in [0.15, 0.2) is 77.9 Å². The van der Waals surface area contributed by atoms with E-state index in [1.54, 1.807) is 48.5 Å². The van der Waals surface area contributed by atoms with Crippen LogP contribution in [0.5, 0.6) is 11.5 Å². The van der Waals surface area contributed by atoms with E-state index in [9.17, 15) is 9.59 Å². The first-order chi connectivity index (χ1) is 18.3. The van der Waals surface area contributed by atoms with Crippen molar-refractivity contribution in [3.05, 3.63) is 111 Å². The third-order valence-electron chi connectivity index (χ3n) is 5.86. The molecule has 1 aromatic heterocycles. The molecule has 1 amide bonds. The lowest BCUT2D eigenvalue weighted by Gasteiger charge is -2.12. The van der Waals surface area contributed by atoms with Crippen molar-refractivity contribution in [1.82, 2.24) is 9.99 Å². The summed E-state index contributed by atoms with van der Waals surface area (Å²) in [6.45, 7) is 4.16. The summed E-state index contributed by atoms with van der Waals surface area (Å²) in [5.41, 5.74) is 7.32. The number of carbonyl (C=O) groups excluding carboxylic acids is 1. The molecule has 9 heteroatoms. The summed E-state index contributed by atoms with van der Waals surface area (Å²) < 4.78 is 13.3. The van der Waals surface area contributed by atoms with Crippen LogP contribution < -0.4 is 14.9 Å². The minimum absolute atomic E-state index is 0.170. The minimum atomic E-state index is -0.999. The van der Waals surface area contributed by atoms with Gasteiger partial charge < -0.3 is 19.1 Å². The lowest BCUT2D eigenvalue weighted by molar-refractivity contribution is 0.0696. The smallest absolute Gasteiger partial charge is 0.335 e. The Kier molecular flexibility index (Phi) is 8.13. The summed E-state index contributed by atoms with van der Waals surface area (Å²) in [4.78, 5) is 24.0. The molecule has 0 unspecified atom stereocenters. The fraction of sp³-hybridized carbons (Fsp3) is 0.138. The molecule has 8 nitrogen and oxygen atoms in total. The van der Waals surface area contributed by atoms with E-state index < -0.39 is 11.9 Å². The molecule has 0 aliphatic rings. The molecule has 1 heterocycles. The highest BCUT2D eigenvalue weighted by atomic mass is 35.5. The molecule has 0 radical (unpaired) electrons. The Hall–Kier alpha value is -4.56. The number of hydrogen-bond acceptors (Lipinski definition) is 5. The number of carboxylic acid groups (broad SMARTS) is 1. The van der Waals surface area contributed by atoms with Gasteiger partial charge in [-0.15, -0.1) is 0 Å². The van der Waals surface area contributed by atoms with Crippen molar-refractivity contribution in [3.8, 4) is 17.2 Å². The number of aryl methyl sites for hydroxylation is 2. The van der Waals surface area contributed by atoms with E-state index in [1.807, 2.05) is 36.6 Å². The largest absolute Gasteiger partial charge is 0.493 e. The number of amides is 1. The van der Waals surface area contributed by atoms with E-state index in [4.69, 9.17) is 26.2 Å². The topological polar surface area (TPSA) is 102 Å². The number of nitrogens with zero attached hydrogens (tertiary/aromatic N) is 2. The monoisotopic (exact) mass is 531 g/mol. The fourth-order valence-electron chi connectivity index (χ4n) is 3.97. The van der Waals surface area contributed by atoms with Crippen molar-refractivity contribution in [3.63, 3.8) is 0 Å². The molecular formula is C29H26ClN3O5. The molecule has 0 saturated heterocycles. The van der Waals surface area contributed by atoms with Gasteiger partial charge in [0.25, 0.3) is 5.91 Å². The van der Waals surface area contributed by atoms with Crippen LogP contribution in [0.3, 0.4) is 0 Å². The maximum atomic E-state index is 12.8. The summed E-state index contributed by atoms with van der Waals surface area (Å²) >= 11 is 6.30. The quantitative estimate of drug-likeness (QED) is 0.210. The first-order valence-electron chi connectivity index (χ1n) is 11.7. The highest BCUT2D eigenvalue weighted by Crippen LogP contribution is 2.28. The van der Waals surface area contributed by atoms with Crippen LogP contribution in [0.25, 0.3) is 5.69 Å². The Morgan fingerprint density at radius 3 is 2.47 bits per heavy atom. The van der Waals surface area contributed by atoms with Gasteiger partial charge in [-0.3, -0.25) is 4.79 Å². The summed E-state index contributed by atoms with van der Waals surface area (Å²) in [5, 5.41) is 13.5. The van der Waals surface area contributed by atoms with Crippen LogP contribution >= 0.6 is 11.6 Å². The SMILES string of the molecule is COc1cc(C=NNC(=O)c2cc(-n3c(C)ccc3C)ccc2Cl)ccc1OCc1cccc(C(=O)O)c1. The van der Waals surface area contributed by atoms with Gasteiger partial charge in [-0.25, -0.2) is 10.2 Å². The van der Waals surface area contributed by atoms with E-state index in [0.717, 1.165) is 17.1 Å². The van der Waals surface area contributed by atoms with Crippen molar-refractivity contribution < 1.29 is 24.2 Å². The van der Waals surface area contributed by atoms with Gasteiger partial charge >= 0.3 is 5.97 Å². The maximum absolute atomic E-state index is 12.8. The van der Waals surface area contributed by atoms with Gasteiger partial charge in [0.15, 0.2) is 11.5 Å². The van der Waals surface area contributed by atoms with Gasteiger partial charge in [0.2, 0.25) is 0 Å². The molecule has 0 aliphatic carbocycles. The molecular weight excluding hydrogens is 506 g/mol. The molecule has 0 aliphatic heterocycles. The third-order valence-corrected chi connectivity index (χ3v) is 6.19. The van der Waals surface area contributed by atoms with E-state index in [0.29, 0.717) is 33.2 Å². The summed E-state index contributed by atoms with van der Waals surface area (Å²) in [7, 11) is 1.51. The maximum Gasteiger partial charge on any atom is 0.335 e. The number of ether oxygens (including phenoxy) is 2. The van der Waals surface area contributed by atoms with Gasteiger partial charge in [-0.05, 0) is 85.6 Å². The zero-order chi connectivity index (χ0) is 27.2. The molecule has 0 saturated carbocycles. The number of hydrazone groups is 1. The molecule has 0 atom stereocenters. The average molecular weight is 532 g/mol. The van der Waals surface area contributed by atoms with Gasteiger partial charge in [-0.1, -0.05) is 23.7 Å². The Bertz CT molecular complexity index is 1510. The van der Waals surface area contributed by atoms with Crippen LogP contribution in [-0.4, -0.2) is 34.9 Å². The lowest BCUT2D eigenvalue weighted by Crippen LogP contribution is -2.18. The van der Waals surface area contributed by atoms with E-state index in [-0.39, 0.29) is 12.2 Å². The molecule has 0 bridgehead atoms. The van der Waals surface area contributed by atoms with Crippen LogP contribution in [0, 0.1) is 13.8 Å². The van der Waals surface area contributed by atoms with Gasteiger partial charge in [0, 0.05) is 17.1 Å². The first kappa shape index (κ1) is 26.5. The van der Waals surface area contributed by atoms with Crippen molar-refractivity contribution in [1.29, 1.82) is 0 Å². The van der Waals surface area contributed by atoms with Crippen LogP contribution in [0.1, 0.15) is 43.2 Å². The number of hydrogen-bond donors (Lipinski definition) is 2. The Balaban J connectivity index is 1.43. The fourth-order valence-corrected chi connectivity index (χ4v) is 4.17. The lowest BCUT2D eigenvalue weighted by atomic mass is 10.1. The number of aromatic carboxylic acids is 1. The predicted molar refractivity (Wildman–Crippen MR) is 146 cm³/mol. The highest BCUT2D eigenvalue weighted by Gasteiger charge is 2.13.